The number of ether oxygens (including phenoxy) is 4. The molecule has 3 atom stereocenters. The van der Waals surface area contributed by atoms with Crippen molar-refractivity contribution in [3.63, 3.8) is 0 Å². The number of cyclic esters (lactones) is 1. The molecule has 1 aliphatic carbocycles. The summed E-state index contributed by atoms with van der Waals surface area (Å²) in [6.45, 7) is 0.106. The lowest BCUT2D eigenvalue weighted by atomic mass is 10.0. The van der Waals surface area contributed by atoms with Crippen molar-refractivity contribution in [1.82, 2.24) is 20.2 Å². The predicted octanol–water partition coefficient (Wildman–Crippen LogP) is 1.90. The van der Waals surface area contributed by atoms with Crippen molar-refractivity contribution in [2.45, 2.75) is 31.1 Å². The lowest BCUT2D eigenvalue weighted by Gasteiger charge is -2.23. The van der Waals surface area contributed by atoms with E-state index in [1.165, 1.54) is 30.7 Å². The number of fused-ring (bicyclic) bond motifs is 1. The number of aliphatic hydroxyl groups excluding tert-OH is 1. The van der Waals surface area contributed by atoms with E-state index in [0.717, 1.165) is 18.4 Å². The van der Waals surface area contributed by atoms with Crippen LogP contribution in [0.15, 0.2) is 72.4 Å². The van der Waals surface area contributed by atoms with Crippen molar-refractivity contribution in [2.75, 3.05) is 20.2 Å². The van der Waals surface area contributed by atoms with Crippen molar-refractivity contribution in [3.05, 3.63) is 77.9 Å². The van der Waals surface area contributed by atoms with Crippen LogP contribution in [0.4, 0.5) is 4.79 Å². The molecule has 38 heavy (non-hydrogen) atoms. The Hall–Kier alpha value is -4.42. The first-order valence-corrected chi connectivity index (χ1v) is 12.0. The summed E-state index contributed by atoms with van der Waals surface area (Å²) in [5, 5.41) is 13.5. The van der Waals surface area contributed by atoms with Crippen LogP contribution >= 0.6 is 0 Å². The Morgan fingerprint density at radius 3 is 3.00 bits per heavy atom. The highest BCUT2D eigenvalue weighted by atomic mass is 16.6. The van der Waals surface area contributed by atoms with E-state index in [2.05, 4.69) is 21.4 Å². The molecule has 0 unspecified atom stereocenters. The van der Waals surface area contributed by atoms with Crippen LogP contribution in [0, 0.1) is 0 Å². The van der Waals surface area contributed by atoms with Gasteiger partial charge in [-0.2, -0.15) is 0 Å². The van der Waals surface area contributed by atoms with Crippen LogP contribution in [-0.2, 0) is 19.0 Å². The first-order chi connectivity index (χ1) is 18.4. The number of hydrogen-bond donors (Lipinski definition) is 3. The lowest BCUT2D eigenvalue weighted by Crippen LogP contribution is -2.47. The standard InChI is InChI=1S/C26H27N5O7/c1-35-20-8-7-18-23(30-20)17(9-10-28-18)24(32)22(27)25(33)29-11-16-12-31(26(34)37-16)21-14-36-13-19(38-21)15-5-3-2-4-6-15/h2-3,5,7-10,13-14,16,22,24,32H,4,6,11-12,27H2,1H3,(H,29,33)/t16-,22-,24-/m1/s1. The van der Waals surface area contributed by atoms with Gasteiger partial charge < -0.3 is 35.1 Å². The van der Waals surface area contributed by atoms with Crippen LogP contribution < -0.4 is 15.8 Å². The summed E-state index contributed by atoms with van der Waals surface area (Å²) < 4.78 is 21.8. The number of nitrogens with zero attached hydrogens (tertiary/aromatic N) is 3. The second-order valence-electron chi connectivity index (χ2n) is 8.79. The first-order valence-electron chi connectivity index (χ1n) is 12.0. The summed E-state index contributed by atoms with van der Waals surface area (Å²) in [6.07, 6.45) is 9.24. The minimum absolute atomic E-state index is 0.0164. The number of aromatic nitrogens is 2. The maximum absolute atomic E-state index is 12.8. The zero-order chi connectivity index (χ0) is 26.6. The van der Waals surface area contributed by atoms with E-state index in [9.17, 15) is 14.7 Å². The molecular weight excluding hydrogens is 494 g/mol. The first kappa shape index (κ1) is 25.2. The molecule has 4 N–H and O–H groups in total. The minimum Gasteiger partial charge on any atom is -0.481 e. The van der Waals surface area contributed by atoms with Gasteiger partial charge in [0, 0.05) is 17.8 Å². The molecule has 5 rings (SSSR count). The number of rotatable bonds is 8. The molecule has 3 aliphatic rings. The van der Waals surface area contributed by atoms with Crippen LogP contribution in [0.3, 0.4) is 0 Å². The molecule has 12 heteroatoms. The molecule has 198 valence electrons. The number of aliphatic hydroxyl groups is 1. The number of pyridine rings is 2. The fourth-order valence-corrected chi connectivity index (χ4v) is 4.24. The summed E-state index contributed by atoms with van der Waals surface area (Å²) in [5.74, 6) is 0.421. The fourth-order valence-electron chi connectivity index (χ4n) is 4.24. The van der Waals surface area contributed by atoms with Gasteiger partial charge in [0.1, 0.15) is 24.5 Å². The van der Waals surface area contributed by atoms with Crippen molar-refractivity contribution in [2.24, 2.45) is 5.73 Å². The van der Waals surface area contributed by atoms with E-state index in [4.69, 9.17) is 24.7 Å². The molecule has 1 fully saturated rings. The van der Waals surface area contributed by atoms with Gasteiger partial charge in [-0.1, -0.05) is 18.2 Å². The van der Waals surface area contributed by atoms with Crippen LogP contribution in [0.25, 0.3) is 11.0 Å². The number of carbonyl (C=O) groups excluding carboxylic acids is 2. The molecule has 0 radical (unpaired) electrons. The van der Waals surface area contributed by atoms with Gasteiger partial charge in [0.2, 0.25) is 17.7 Å². The van der Waals surface area contributed by atoms with Crippen LogP contribution in [0.1, 0.15) is 24.5 Å². The zero-order valence-corrected chi connectivity index (χ0v) is 20.6. The third-order valence-corrected chi connectivity index (χ3v) is 6.29. The highest BCUT2D eigenvalue weighted by molar-refractivity contribution is 5.85. The van der Waals surface area contributed by atoms with Gasteiger partial charge in [-0.25, -0.2) is 14.7 Å². The van der Waals surface area contributed by atoms with Crippen molar-refractivity contribution in [1.29, 1.82) is 0 Å². The highest BCUT2D eigenvalue weighted by Gasteiger charge is 2.37. The number of allylic oxidation sites excluding steroid dienone is 4. The number of amides is 2. The van der Waals surface area contributed by atoms with Gasteiger partial charge in [-0.15, -0.1) is 0 Å². The molecule has 2 aromatic heterocycles. The van der Waals surface area contributed by atoms with Gasteiger partial charge in [0.05, 0.1) is 31.2 Å². The predicted molar refractivity (Wildman–Crippen MR) is 134 cm³/mol. The van der Waals surface area contributed by atoms with Gasteiger partial charge in [-0.3, -0.25) is 9.78 Å². The van der Waals surface area contributed by atoms with Crippen molar-refractivity contribution < 1.29 is 33.6 Å². The Morgan fingerprint density at radius 2 is 2.21 bits per heavy atom. The Morgan fingerprint density at radius 1 is 1.34 bits per heavy atom. The topological polar surface area (TPSA) is 158 Å². The average molecular weight is 522 g/mol. The summed E-state index contributed by atoms with van der Waals surface area (Å²) in [6, 6.07) is 3.57. The number of nitrogens with one attached hydrogen (secondary N) is 1. The second-order valence-corrected chi connectivity index (χ2v) is 8.79. The summed E-state index contributed by atoms with van der Waals surface area (Å²) in [4.78, 5) is 35.1. The maximum Gasteiger partial charge on any atom is 0.417 e. The normalized spacial score (nSPS) is 20.4. The fraction of sp³-hybridized carbons (Fsp3) is 0.308. The van der Waals surface area contributed by atoms with Gasteiger partial charge >= 0.3 is 6.09 Å². The van der Waals surface area contributed by atoms with E-state index < -0.39 is 30.3 Å². The molecule has 2 aromatic rings. The molecule has 0 spiro atoms. The van der Waals surface area contributed by atoms with Crippen LogP contribution in [0.2, 0.25) is 0 Å². The molecule has 0 saturated carbocycles. The van der Waals surface area contributed by atoms with E-state index in [0.29, 0.717) is 28.2 Å². The van der Waals surface area contributed by atoms with E-state index in [1.54, 1.807) is 18.2 Å². The smallest absolute Gasteiger partial charge is 0.417 e. The monoisotopic (exact) mass is 521 g/mol. The van der Waals surface area contributed by atoms with Crippen LogP contribution in [-0.4, -0.2) is 64.3 Å². The number of methoxy groups -OCH3 is 1. The van der Waals surface area contributed by atoms with Gasteiger partial charge in [-0.05, 0) is 30.5 Å². The largest absolute Gasteiger partial charge is 0.481 e. The molecule has 4 heterocycles. The van der Waals surface area contributed by atoms with E-state index in [-0.39, 0.29) is 19.0 Å². The number of nitrogens with two attached hydrogens (primary N) is 1. The minimum atomic E-state index is -1.37. The Balaban J connectivity index is 1.18. The quantitative estimate of drug-likeness (QED) is 0.468. The van der Waals surface area contributed by atoms with Crippen LogP contribution in [0.5, 0.6) is 5.88 Å². The van der Waals surface area contributed by atoms with Gasteiger partial charge in [0.15, 0.2) is 12.0 Å². The molecule has 2 aliphatic heterocycles. The molecule has 0 aromatic carbocycles. The van der Waals surface area contributed by atoms with E-state index >= 15 is 0 Å². The molecule has 2 amide bonds. The second kappa shape index (κ2) is 10.9. The Kier molecular flexibility index (Phi) is 7.24. The highest BCUT2D eigenvalue weighted by Crippen LogP contribution is 2.29. The average Bonchev–Trinajstić information content (AvgIpc) is 3.35. The summed E-state index contributed by atoms with van der Waals surface area (Å²) in [7, 11) is 1.47. The third kappa shape index (κ3) is 5.17. The molecule has 1 saturated heterocycles. The van der Waals surface area contributed by atoms with E-state index in [1.807, 2.05) is 12.2 Å². The number of hydrogen-bond acceptors (Lipinski definition) is 10. The SMILES string of the molecule is COc1ccc2nccc([C@@H](O)[C@@H](N)C(=O)NC[C@@H]3CN(C4=COC=C(C5=CC=CCC5)O4)C(=O)O3)c2n1. The summed E-state index contributed by atoms with van der Waals surface area (Å²) >= 11 is 0. The summed E-state index contributed by atoms with van der Waals surface area (Å²) in [5.41, 5.74) is 8.26. The third-order valence-electron chi connectivity index (χ3n) is 6.29. The molecule has 12 nitrogen and oxygen atoms in total. The lowest BCUT2D eigenvalue weighted by molar-refractivity contribution is -0.125. The number of carbonyl (C=O) groups is 2. The van der Waals surface area contributed by atoms with Crippen molar-refractivity contribution in [3.8, 4) is 5.88 Å². The zero-order valence-electron chi connectivity index (χ0n) is 20.6. The molecular formula is C26H27N5O7. The Labute approximate surface area is 218 Å². The molecule has 0 bridgehead atoms. The van der Waals surface area contributed by atoms with Crippen molar-refractivity contribution >= 4 is 23.0 Å². The Bertz CT molecular complexity index is 1370. The maximum atomic E-state index is 12.8. The van der Waals surface area contributed by atoms with Gasteiger partial charge in [0.25, 0.3) is 0 Å².